The third-order valence-corrected chi connectivity index (χ3v) is 4.01. The van der Waals surface area contributed by atoms with E-state index in [0.717, 1.165) is 19.4 Å². The van der Waals surface area contributed by atoms with Gasteiger partial charge < -0.3 is 20.3 Å². The summed E-state index contributed by atoms with van der Waals surface area (Å²) in [6, 6.07) is 0.273. The largest absolute Gasteiger partial charge is 0.444 e. The van der Waals surface area contributed by atoms with Gasteiger partial charge in [-0.2, -0.15) is 0 Å². The molecule has 0 aromatic carbocycles. The standard InChI is InChI=1S/C17H33N3O3/c1-6-18-15(21)9-10-19-13(2)14-8-7-11-20(12-14)16(22)23-17(3,4)5/h13-14,19H,6-12H2,1-5H3,(H,18,21). The first-order chi connectivity index (χ1) is 10.7. The first-order valence-electron chi connectivity index (χ1n) is 8.71. The number of nitrogens with one attached hydrogen (secondary N) is 2. The van der Waals surface area contributed by atoms with Crippen LogP contribution in [0.15, 0.2) is 0 Å². The van der Waals surface area contributed by atoms with E-state index in [-0.39, 0.29) is 18.0 Å². The molecule has 1 saturated heterocycles. The smallest absolute Gasteiger partial charge is 0.410 e. The van der Waals surface area contributed by atoms with E-state index in [0.29, 0.717) is 32.0 Å². The van der Waals surface area contributed by atoms with Crippen LogP contribution in [-0.2, 0) is 9.53 Å². The first-order valence-corrected chi connectivity index (χ1v) is 8.71. The molecule has 0 aromatic heterocycles. The number of nitrogens with zero attached hydrogens (tertiary/aromatic N) is 1. The van der Waals surface area contributed by atoms with Crippen LogP contribution >= 0.6 is 0 Å². The Morgan fingerprint density at radius 3 is 2.65 bits per heavy atom. The van der Waals surface area contributed by atoms with Crippen LogP contribution in [0.5, 0.6) is 0 Å². The Hall–Kier alpha value is -1.30. The lowest BCUT2D eigenvalue weighted by Gasteiger charge is -2.36. The highest BCUT2D eigenvalue weighted by Crippen LogP contribution is 2.21. The summed E-state index contributed by atoms with van der Waals surface area (Å²) < 4.78 is 5.46. The normalized spacial score (nSPS) is 20.0. The zero-order valence-corrected chi connectivity index (χ0v) is 15.3. The quantitative estimate of drug-likeness (QED) is 0.784. The molecule has 0 aliphatic carbocycles. The van der Waals surface area contributed by atoms with Gasteiger partial charge in [0.05, 0.1) is 0 Å². The summed E-state index contributed by atoms with van der Waals surface area (Å²) in [7, 11) is 0. The summed E-state index contributed by atoms with van der Waals surface area (Å²) in [6.07, 6.45) is 2.35. The lowest BCUT2D eigenvalue weighted by molar-refractivity contribution is -0.120. The number of likely N-dealkylation sites (tertiary alicyclic amines) is 1. The van der Waals surface area contributed by atoms with Crippen LogP contribution in [0.2, 0.25) is 0 Å². The number of carbonyl (C=O) groups is 2. The molecule has 23 heavy (non-hydrogen) atoms. The molecule has 6 heteroatoms. The predicted molar refractivity (Wildman–Crippen MR) is 91.3 cm³/mol. The number of amides is 2. The van der Waals surface area contributed by atoms with E-state index in [1.54, 1.807) is 4.90 Å². The lowest BCUT2D eigenvalue weighted by Crippen LogP contribution is -2.48. The summed E-state index contributed by atoms with van der Waals surface area (Å²) in [5.41, 5.74) is -0.458. The molecule has 1 rings (SSSR count). The minimum Gasteiger partial charge on any atom is -0.444 e. The van der Waals surface area contributed by atoms with Crippen LogP contribution in [0.3, 0.4) is 0 Å². The van der Waals surface area contributed by atoms with E-state index in [2.05, 4.69) is 17.6 Å². The average molecular weight is 327 g/mol. The highest BCUT2D eigenvalue weighted by Gasteiger charge is 2.29. The van der Waals surface area contributed by atoms with Crippen molar-refractivity contribution in [3.63, 3.8) is 0 Å². The zero-order chi connectivity index (χ0) is 17.5. The second kappa shape index (κ2) is 9.11. The number of hydrogen-bond acceptors (Lipinski definition) is 4. The highest BCUT2D eigenvalue weighted by atomic mass is 16.6. The van der Waals surface area contributed by atoms with E-state index in [1.807, 2.05) is 27.7 Å². The molecule has 0 radical (unpaired) electrons. The highest BCUT2D eigenvalue weighted by molar-refractivity contribution is 5.75. The number of carbonyl (C=O) groups excluding carboxylic acids is 2. The van der Waals surface area contributed by atoms with Crippen LogP contribution in [0.25, 0.3) is 0 Å². The van der Waals surface area contributed by atoms with Crippen molar-refractivity contribution in [3.05, 3.63) is 0 Å². The summed E-state index contributed by atoms with van der Waals surface area (Å²) in [5.74, 6) is 0.469. The molecular weight excluding hydrogens is 294 g/mol. The maximum atomic E-state index is 12.2. The Labute approximate surface area is 140 Å². The van der Waals surface area contributed by atoms with E-state index < -0.39 is 5.60 Å². The monoisotopic (exact) mass is 327 g/mol. The van der Waals surface area contributed by atoms with Gasteiger partial charge in [-0.1, -0.05) is 0 Å². The van der Waals surface area contributed by atoms with Gasteiger partial charge in [-0.25, -0.2) is 4.79 Å². The summed E-state index contributed by atoms with van der Waals surface area (Å²) in [4.78, 5) is 25.4. The van der Waals surface area contributed by atoms with Gasteiger partial charge in [0.1, 0.15) is 5.60 Å². The fraction of sp³-hybridized carbons (Fsp3) is 0.882. The van der Waals surface area contributed by atoms with Gasteiger partial charge in [-0.15, -0.1) is 0 Å². The average Bonchev–Trinajstić information content (AvgIpc) is 2.46. The van der Waals surface area contributed by atoms with E-state index in [9.17, 15) is 9.59 Å². The Balaban J connectivity index is 2.38. The molecule has 0 bridgehead atoms. The molecule has 0 spiro atoms. The van der Waals surface area contributed by atoms with Gasteiger partial charge in [0, 0.05) is 38.6 Å². The second-order valence-electron chi connectivity index (χ2n) is 7.27. The van der Waals surface area contributed by atoms with Crippen molar-refractivity contribution in [3.8, 4) is 0 Å². The first kappa shape index (κ1) is 19.7. The number of hydrogen-bond donors (Lipinski definition) is 2. The summed E-state index contributed by atoms with van der Waals surface area (Å²) in [5, 5.41) is 6.20. The lowest BCUT2D eigenvalue weighted by atomic mass is 9.91. The summed E-state index contributed by atoms with van der Waals surface area (Å²) >= 11 is 0. The molecule has 0 aromatic rings. The van der Waals surface area contributed by atoms with E-state index in [1.165, 1.54) is 0 Å². The maximum absolute atomic E-state index is 12.2. The van der Waals surface area contributed by atoms with Gasteiger partial charge in [-0.05, 0) is 53.4 Å². The van der Waals surface area contributed by atoms with Crippen molar-refractivity contribution in [2.75, 3.05) is 26.2 Å². The van der Waals surface area contributed by atoms with Gasteiger partial charge in [0.15, 0.2) is 0 Å². The number of piperidine rings is 1. The van der Waals surface area contributed by atoms with E-state index in [4.69, 9.17) is 4.74 Å². The van der Waals surface area contributed by atoms with Crippen LogP contribution in [0.4, 0.5) is 4.79 Å². The number of ether oxygens (including phenoxy) is 1. The Kier molecular flexibility index (Phi) is 7.82. The van der Waals surface area contributed by atoms with Gasteiger partial charge >= 0.3 is 6.09 Å². The molecule has 2 unspecified atom stereocenters. The van der Waals surface area contributed by atoms with Crippen LogP contribution < -0.4 is 10.6 Å². The molecule has 134 valence electrons. The molecule has 2 amide bonds. The van der Waals surface area contributed by atoms with Crippen LogP contribution in [0, 0.1) is 5.92 Å². The van der Waals surface area contributed by atoms with Crippen molar-refractivity contribution in [2.45, 2.75) is 65.5 Å². The Bertz CT molecular complexity index is 393. The van der Waals surface area contributed by atoms with Gasteiger partial charge in [-0.3, -0.25) is 4.79 Å². The van der Waals surface area contributed by atoms with Gasteiger partial charge in [0.25, 0.3) is 0 Å². The fourth-order valence-corrected chi connectivity index (χ4v) is 2.78. The molecule has 1 fully saturated rings. The van der Waals surface area contributed by atoms with Crippen molar-refractivity contribution in [2.24, 2.45) is 5.92 Å². The molecule has 1 heterocycles. The molecule has 1 aliphatic rings. The van der Waals surface area contributed by atoms with Crippen molar-refractivity contribution in [1.29, 1.82) is 0 Å². The SMILES string of the molecule is CCNC(=O)CCNC(C)C1CCCN(C(=O)OC(C)(C)C)C1. The van der Waals surface area contributed by atoms with Crippen LogP contribution in [0.1, 0.15) is 53.9 Å². The van der Waals surface area contributed by atoms with Crippen LogP contribution in [-0.4, -0.2) is 54.7 Å². The molecule has 0 saturated carbocycles. The topological polar surface area (TPSA) is 70.7 Å². The summed E-state index contributed by atoms with van der Waals surface area (Å²) in [6.45, 7) is 12.5. The minimum atomic E-state index is -0.458. The fourth-order valence-electron chi connectivity index (χ4n) is 2.78. The third-order valence-electron chi connectivity index (χ3n) is 4.01. The van der Waals surface area contributed by atoms with Crippen molar-refractivity contribution in [1.82, 2.24) is 15.5 Å². The molecule has 2 atom stereocenters. The van der Waals surface area contributed by atoms with E-state index >= 15 is 0 Å². The third kappa shape index (κ3) is 7.68. The molecular formula is C17H33N3O3. The Morgan fingerprint density at radius 2 is 2.04 bits per heavy atom. The zero-order valence-electron chi connectivity index (χ0n) is 15.3. The second-order valence-corrected chi connectivity index (χ2v) is 7.27. The number of rotatable bonds is 6. The van der Waals surface area contributed by atoms with Crippen molar-refractivity contribution >= 4 is 12.0 Å². The Morgan fingerprint density at radius 1 is 1.35 bits per heavy atom. The predicted octanol–water partition coefficient (Wildman–Crippen LogP) is 2.14. The molecule has 6 nitrogen and oxygen atoms in total. The maximum Gasteiger partial charge on any atom is 0.410 e. The van der Waals surface area contributed by atoms with Gasteiger partial charge in [0.2, 0.25) is 5.91 Å². The molecule has 1 aliphatic heterocycles. The minimum absolute atomic E-state index is 0.0752. The molecule has 2 N–H and O–H groups in total. The van der Waals surface area contributed by atoms with Crippen molar-refractivity contribution < 1.29 is 14.3 Å².